The van der Waals surface area contributed by atoms with Gasteiger partial charge in [0.15, 0.2) is 5.82 Å². The summed E-state index contributed by atoms with van der Waals surface area (Å²) >= 11 is 0. The van der Waals surface area contributed by atoms with Crippen molar-refractivity contribution in [2.45, 2.75) is 13.1 Å². The molecule has 3 aromatic rings. The van der Waals surface area contributed by atoms with E-state index in [2.05, 4.69) is 9.88 Å². The minimum absolute atomic E-state index is 0.486. The van der Waals surface area contributed by atoms with Crippen molar-refractivity contribution < 1.29 is 9.47 Å². The smallest absolute Gasteiger partial charge is 0.154 e. The summed E-state index contributed by atoms with van der Waals surface area (Å²) in [6.07, 6.45) is 1.68. The third-order valence-electron chi connectivity index (χ3n) is 4.37. The van der Waals surface area contributed by atoms with E-state index in [-0.39, 0.29) is 0 Å². The van der Waals surface area contributed by atoms with E-state index in [9.17, 15) is 0 Å². The molecule has 0 aliphatic heterocycles. The Morgan fingerprint density at radius 3 is 1.70 bits per heavy atom. The Hall–Kier alpha value is -3.41. The highest BCUT2D eigenvalue weighted by Crippen LogP contribution is 2.29. The molecule has 6 nitrogen and oxygen atoms in total. The van der Waals surface area contributed by atoms with Crippen LogP contribution in [-0.2, 0) is 13.1 Å². The van der Waals surface area contributed by atoms with E-state index in [0.29, 0.717) is 30.3 Å². The molecule has 1 aromatic heterocycles. The van der Waals surface area contributed by atoms with Crippen LogP contribution in [0, 0.1) is 0 Å². The molecule has 6 heteroatoms. The van der Waals surface area contributed by atoms with Gasteiger partial charge in [-0.1, -0.05) is 24.3 Å². The molecule has 0 aliphatic rings. The molecule has 27 heavy (non-hydrogen) atoms. The fourth-order valence-corrected chi connectivity index (χ4v) is 2.84. The summed E-state index contributed by atoms with van der Waals surface area (Å²) in [5, 5.41) is 0. The second-order valence-electron chi connectivity index (χ2n) is 6.19. The average Bonchev–Trinajstić information content (AvgIpc) is 2.71. The predicted molar refractivity (Wildman–Crippen MR) is 109 cm³/mol. The van der Waals surface area contributed by atoms with Gasteiger partial charge in [0, 0.05) is 19.3 Å². The van der Waals surface area contributed by atoms with Crippen molar-refractivity contribution in [3.8, 4) is 11.5 Å². The number of anilines is 3. The molecular weight excluding hydrogens is 340 g/mol. The van der Waals surface area contributed by atoms with Crippen LogP contribution in [0.1, 0.15) is 11.1 Å². The molecule has 0 fully saturated rings. The van der Waals surface area contributed by atoms with Crippen molar-refractivity contribution in [2.24, 2.45) is 0 Å². The Labute approximate surface area is 159 Å². The van der Waals surface area contributed by atoms with Gasteiger partial charge < -0.3 is 25.8 Å². The quantitative estimate of drug-likeness (QED) is 0.667. The van der Waals surface area contributed by atoms with Crippen molar-refractivity contribution in [1.29, 1.82) is 0 Å². The van der Waals surface area contributed by atoms with E-state index in [4.69, 9.17) is 20.9 Å². The second kappa shape index (κ2) is 8.31. The molecule has 0 atom stereocenters. The number of methoxy groups -OCH3 is 2. The van der Waals surface area contributed by atoms with Crippen LogP contribution in [0.2, 0.25) is 0 Å². The van der Waals surface area contributed by atoms with E-state index in [1.54, 1.807) is 26.5 Å². The zero-order chi connectivity index (χ0) is 19.2. The number of nitrogens with zero attached hydrogens (tertiary/aromatic N) is 2. The van der Waals surface area contributed by atoms with Crippen molar-refractivity contribution in [3.05, 3.63) is 71.9 Å². The molecule has 0 saturated heterocycles. The summed E-state index contributed by atoms with van der Waals surface area (Å²) < 4.78 is 10.5. The number of rotatable bonds is 7. The molecule has 0 saturated carbocycles. The highest BCUT2D eigenvalue weighted by atomic mass is 16.5. The monoisotopic (exact) mass is 364 g/mol. The Kier molecular flexibility index (Phi) is 5.66. The molecule has 0 aliphatic carbocycles. The van der Waals surface area contributed by atoms with Gasteiger partial charge in [0.25, 0.3) is 0 Å². The topological polar surface area (TPSA) is 86.6 Å². The molecule has 3 rings (SSSR count). The minimum Gasteiger partial charge on any atom is -0.497 e. The molecule has 4 N–H and O–H groups in total. The van der Waals surface area contributed by atoms with Gasteiger partial charge in [0.1, 0.15) is 11.5 Å². The third-order valence-corrected chi connectivity index (χ3v) is 4.37. The van der Waals surface area contributed by atoms with Crippen LogP contribution in [-0.4, -0.2) is 19.2 Å². The third kappa shape index (κ3) is 4.41. The van der Waals surface area contributed by atoms with Gasteiger partial charge in [-0.3, -0.25) is 0 Å². The van der Waals surface area contributed by atoms with Crippen LogP contribution in [0.3, 0.4) is 0 Å². The Bertz CT molecular complexity index is 830. The summed E-state index contributed by atoms with van der Waals surface area (Å²) in [5.41, 5.74) is 15.5. The fraction of sp³-hybridized carbons (Fsp3) is 0.190. The zero-order valence-corrected chi connectivity index (χ0v) is 15.6. The Morgan fingerprint density at radius 1 is 0.778 bits per heavy atom. The number of benzene rings is 2. The maximum atomic E-state index is 6.21. The summed E-state index contributed by atoms with van der Waals surface area (Å²) in [6.45, 7) is 1.27. The first kappa shape index (κ1) is 18.4. The largest absolute Gasteiger partial charge is 0.497 e. The van der Waals surface area contributed by atoms with Crippen molar-refractivity contribution in [3.63, 3.8) is 0 Å². The van der Waals surface area contributed by atoms with Crippen LogP contribution < -0.4 is 25.8 Å². The van der Waals surface area contributed by atoms with Crippen LogP contribution >= 0.6 is 0 Å². The van der Waals surface area contributed by atoms with Gasteiger partial charge >= 0.3 is 0 Å². The zero-order valence-electron chi connectivity index (χ0n) is 15.6. The number of hydrogen-bond donors (Lipinski definition) is 2. The summed E-state index contributed by atoms with van der Waals surface area (Å²) in [5.74, 6) is 2.31. The number of aromatic nitrogens is 1. The van der Waals surface area contributed by atoms with Crippen molar-refractivity contribution >= 4 is 17.2 Å². The lowest BCUT2D eigenvalue weighted by molar-refractivity contribution is 0.414. The minimum atomic E-state index is 0.486. The highest BCUT2D eigenvalue weighted by molar-refractivity contribution is 5.76. The first-order valence-electron chi connectivity index (χ1n) is 8.61. The SMILES string of the molecule is COc1ccc(CN(Cc2ccc(OC)cc2)c2nccc(N)c2N)cc1. The van der Waals surface area contributed by atoms with Crippen LogP contribution in [0.5, 0.6) is 11.5 Å². The molecule has 1 heterocycles. The maximum absolute atomic E-state index is 6.21. The maximum Gasteiger partial charge on any atom is 0.154 e. The van der Waals surface area contributed by atoms with Gasteiger partial charge in [-0.05, 0) is 41.5 Å². The van der Waals surface area contributed by atoms with Gasteiger partial charge in [0.2, 0.25) is 0 Å². The van der Waals surface area contributed by atoms with Gasteiger partial charge in [0.05, 0.1) is 25.6 Å². The summed E-state index contributed by atoms with van der Waals surface area (Å²) in [7, 11) is 3.31. The molecular formula is C21H24N4O2. The molecule has 0 bridgehead atoms. The number of hydrogen-bond acceptors (Lipinski definition) is 6. The van der Waals surface area contributed by atoms with Crippen LogP contribution in [0.25, 0.3) is 0 Å². The standard InChI is InChI=1S/C21H24N4O2/c1-26-17-7-3-15(4-8-17)13-25(21-20(23)19(22)11-12-24-21)14-16-5-9-18(27-2)10-6-16/h3-12H,13-14,23H2,1-2H3,(H2,22,24). The molecule has 0 amide bonds. The number of nitrogens with two attached hydrogens (primary N) is 2. The Balaban J connectivity index is 1.90. The molecule has 0 radical (unpaired) electrons. The van der Waals surface area contributed by atoms with Gasteiger partial charge in [-0.15, -0.1) is 0 Å². The summed E-state index contributed by atoms with van der Waals surface area (Å²) in [6, 6.07) is 17.6. The lowest BCUT2D eigenvalue weighted by atomic mass is 10.1. The van der Waals surface area contributed by atoms with Crippen molar-refractivity contribution in [2.75, 3.05) is 30.6 Å². The number of pyridine rings is 1. The van der Waals surface area contributed by atoms with E-state index >= 15 is 0 Å². The van der Waals surface area contributed by atoms with E-state index in [0.717, 1.165) is 22.6 Å². The normalized spacial score (nSPS) is 10.4. The lowest BCUT2D eigenvalue weighted by Gasteiger charge is -2.26. The van der Waals surface area contributed by atoms with Gasteiger partial charge in [-0.2, -0.15) is 0 Å². The fourth-order valence-electron chi connectivity index (χ4n) is 2.84. The van der Waals surface area contributed by atoms with E-state index in [1.807, 2.05) is 48.5 Å². The second-order valence-corrected chi connectivity index (χ2v) is 6.19. The first-order valence-corrected chi connectivity index (χ1v) is 8.61. The molecule has 0 unspecified atom stereocenters. The lowest BCUT2D eigenvalue weighted by Crippen LogP contribution is -2.24. The van der Waals surface area contributed by atoms with Crippen molar-refractivity contribution in [1.82, 2.24) is 4.98 Å². The molecule has 140 valence electrons. The predicted octanol–water partition coefficient (Wildman–Crippen LogP) is 3.47. The molecule has 2 aromatic carbocycles. The first-order chi connectivity index (χ1) is 13.1. The van der Waals surface area contributed by atoms with Crippen LogP contribution in [0.15, 0.2) is 60.8 Å². The molecule has 0 spiro atoms. The average molecular weight is 364 g/mol. The number of nitrogen functional groups attached to an aromatic ring is 2. The van der Waals surface area contributed by atoms with E-state index < -0.39 is 0 Å². The number of ether oxygens (including phenoxy) is 2. The van der Waals surface area contributed by atoms with Gasteiger partial charge in [-0.25, -0.2) is 4.98 Å². The summed E-state index contributed by atoms with van der Waals surface area (Å²) in [4.78, 5) is 6.58. The highest BCUT2D eigenvalue weighted by Gasteiger charge is 2.15. The van der Waals surface area contributed by atoms with E-state index in [1.165, 1.54) is 0 Å². The Morgan fingerprint density at radius 2 is 1.26 bits per heavy atom. The van der Waals surface area contributed by atoms with Crippen LogP contribution in [0.4, 0.5) is 17.2 Å².